The van der Waals surface area contributed by atoms with Gasteiger partial charge < -0.3 is 4.90 Å². The first-order valence-corrected chi connectivity index (χ1v) is 12.8. The van der Waals surface area contributed by atoms with Gasteiger partial charge >= 0.3 is 0 Å². The SMILES string of the molecule is C=CCS(=O)(=O)n1cc(CN2CCN(C)CC2)c2ccccc21.CC(C)c1ccccc1. The number of para-hydroxylation sites is 1. The Morgan fingerprint density at radius 3 is 2.19 bits per heavy atom. The predicted octanol–water partition coefficient (Wildman–Crippen LogP) is 4.56. The number of aromatic nitrogens is 1. The molecular formula is C26H35N3O2S. The molecule has 1 aromatic heterocycles. The average Bonchev–Trinajstić information content (AvgIpc) is 3.16. The fraction of sp³-hybridized carbons (Fsp3) is 0.385. The molecule has 0 unspecified atom stereocenters. The normalized spacial score (nSPS) is 15.5. The molecule has 3 aromatic rings. The lowest BCUT2D eigenvalue weighted by molar-refractivity contribution is 0.148. The first-order chi connectivity index (χ1) is 15.3. The zero-order valence-electron chi connectivity index (χ0n) is 19.4. The largest absolute Gasteiger partial charge is 0.304 e. The minimum Gasteiger partial charge on any atom is -0.304 e. The molecule has 0 N–H and O–H groups in total. The first kappa shape index (κ1) is 24.2. The van der Waals surface area contributed by atoms with Gasteiger partial charge in [-0.25, -0.2) is 12.4 Å². The van der Waals surface area contributed by atoms with Crippen LogP contribution in [0.4, 0.5) is 0 Å². The second-order valence-electron chi connectivity index (χ2n) is 8.68. The van der Waals surface area contributed by atoms with Gasteiger partial charge in [-0.05, 0) is 30.2 Å². The second kappa shape index (κ2) is 10.9. The number of rotatable bonds is 6. The highest BCUT2D eigenvalue weighted by Crippen LogP contribution is 2.25. The highest BCUT2D eigenvalue weighted by atomic mass is 32.2. The van der Waals surface area contributed by atoms with Crippen molar-refractivity contribution >= 4 is 20.9 Å². The van der Waals surface area contributed by atoms with E-state index in [0.717, 1.165) is 49.2 Å². The van der Waals surface area contributed by atoms with Gasteiger partial charge in [-0.3, -0.25) is 4.90 Å². The van der Waals surface area contributed by atoms with Crippen LogP contribution in [0.1, 0.15) is 30.9 Å². The summed E-state index contributed by atoms with van der Waals surface area (Å²) in [5.74, 6) is 0.603. The second-order valence-corrected chi connectivity index (χ2v) is 10.6. The van der Waals surface area contributed by atoms with Crippen LogP contribution >= 0.6 is 0 Å². The molecule has 172 valence electrons. The minimum absolute atomic E-state index is 0.0559. The highest BCUT2D eigenvalue weighted by molar-refractivity contribution is 7.90. The zero-order valence-corrected chi connectivity index (χ0v) is 20.3. The maximum atomic E-state index is 12.5. The molecule has 1 aliphatic rings. The molecule has 5 nitrogen and oxygen atoms in total. The standard InChI is InChI=1S/C17H23N3O2S.C9H12/c1-3-12-23(21,22)20-14-15(16-6-4-5-7-17(16)20)13-19-10-8-18(2)9-11-19;1-8(2)9-6-4-3-5-7-9/h3-7,14H,1,8-13H2,2H3;3-8H,1-2H3. The number of fused-ring (bicyclic) bond motifs is 1. The van der Waals surface area contributed by atoms with E-state index in [4.69, 9.17) is 0 Å². The van der Waals surface area contributed by atoms with Crippen molar-refractivity contribution in [2.45, 2.75) is 26.3 Å². The number of benzene rings is 2. The van der Waals surface area contributed by atoms with Gasteiger partial charge in [0.25, 0.3) is 0 Å². The van der Waals surface area contributed by atoms with Crippen LogP contribution in [-0.2, 0) is 16.6 Å². The third-order valence-corrected chi connectivity index (χ3v) is 7.40. The third-order valence-electron chi connectivity index (χ3n) is 5.84. The fourth-order valence-electron chi connectivity index (χ4n) is 3.89. The van der Waals surface area contributed by atoms with Crippen molar-refractivity contribution in [2.75, 3.05) is 39.0 Å². The van der Waals surface area contributed by atoms with Crippen LogP contribution in [0.2, 0.25) is 0 Å². The third kappa shape index (κ3) is 6.09. The smallest absolute Gasteiger partial charge is 0.242 e. The Morgan fingerprint density at radius 1 is 0.969 bits per heavy atom. The molecule has 6 heteroatoms. The van der Waals surface area contributed by atoms with Crippen LogP contribution in [0, 0.1) is 0 Å². The Bertz CT molecular complexity index is 1110. The van der Waals surface area contributed by atoms with Crippen molar-refractivity contribution in [2.24, 2.45) is 0 Å². The van der Waals surface area contributed by atoms with Gasteiger partial charge in [0.15, 0.2) is 0 Å². The topological polar surface area (TPSA) is 45.6 Å². The van der Waals surface area contributed by atoms with Gasteiger partial charge in [0.1, 0.15) is 0 Å². The summed E-state index contributed by atoms with van der Waals surface area (Å²) in [4.78, 5) is 4.69. The molecular weight excluding hydrogens is 418 g/mol. The van der Waals surface area contributed by atoms with E-state index >= 15 is 0 Å². The predicted molar refractivity (Wildman–Crippen MR) is 135 cm³/mol. The van der Waals surface area contributed by atoms with Gasteiger partial charge in [-0.1, -0.05) is 68.5 Å². The summed E-state index contributed by atoms with van der Waals surface area (Å²) >= 11 is 0. The molecule has 1 fully saturated rings. The molecule has 1 saturated heterocycles. The summed E-state index contributed by atoms with van der Waals surface area (Å²) in [5.41, 5.74) is 3.23. The number of piperazine rings is 1. The van der Waals surface area contributed by atoms with E-state index in [0.29, 0.717) is 5.92 Å². The van der Waals surface area contributed by atoms with Crippen molar-refractivity contribution in [3.8, 4) is 0 Å². The Labute approximate surface area is 193 Å². The van der Waals surface area contributed by atoms with Crippen LogP contribution in [0.3, 0.4) is 0 Å². The van der Waals surface area contributed by atoms with E-state index in [9.17, 15) is 8.42 Å². The fourth-order valence-corrected chi connectivity index (χ4v) is 5.09. The van der Waals surface area contributed by atoms with E-state index in [1.165, 1.54) is 15.6 Å². The summed E-state index contributed by atoms with van der Waals surface area (Å²) in [5, 5.41) is 1.01. The molecule has 0 spiro atoms. The number of hydrogen-bond donors (Lipinski definition) is 0. The lowest BCUT2D eigenvalue weighted by Gasteiger charge is -2.32. The van der Waals surface area contributed by atoms with Gasteiger partial charge in [0, 0.05) is 44.3 Å². The molecule has 0 aliphatic carbocycles. The van der Waals surface area contributed by atoms with Crippen LogP contribution in [-0.4, -0.2) is 61.2 Å². The monoisotopic (exact) mass is 453 g/mol. The quantitative estimate of drug-likeness (QED) is 0.513. The zero-order chi connectivity index (χ0) is 23.1. The first-order valence-electron chi connectivity index (χ1n) is 11.2. The molecule has 2 aromatic carbocycles. The Hall–Kier alpha value is -2.41. The van der Waals surface area contributed by atoms with Gasteiger partial charge in [0.2, 0.25) is 10.0 Å². The molecule has 0 saturated carbocycles. The van der Waals surface area contributed by atoms with Crippen molar-refractivity contribution in [1.29, 1.82) is 0 Å². The minimum atomic E-state index is -3.39. The summed E-state index contributed by atoms with van der Waals surface area (Å²) in [6.07, 6.45) is 3.21. The summed E-state index contributed by atoms with van der Waals surface area (Å²) in [6.45, 7) is 12.9. The van der Waals surface area contributed by atoms with E-state index in [2.05, 4.69) is 61.5 Å². The molecule has 0 bridgehead atoms. The molecule has 0 amide bonds. The van der Waals surface area contributed by atoms with E-state index in [1.807, 2.05) is 30.3 Å². The maximum absolute atomic E-state index is 12.5. The van der Waals surface area contributed by atoms with Crippen molar-refractivity contribution in [3.05, 3.63) is 84.6 Å². The number of nitrogens with zero attached hydrogens (tertiary/aromatic N) is 3. The Kier molecular flexibility index (Phi) is 8.29. The molecule has 1 aliphatic heterocycles. The number of hydrogen-bond acceptors (Lipinski definition) is 4. The van der Waals surface area contributed by atoms with E-state index in [-0.39, 0.29) is 5.75 Å². The maximum Gasteiger partial charge on any atom is 0.242 e. The highest BCUT2D eigenvalue weighted by Gasteiger charge is 2.20. The average molecular weight is 454 g/mol. The molecule has 0 atom stereocenters. The lowest BCUT2D eigenvalue weighted by Crippen LogP contribution is -2.43. The molecule has 0 radical (unpaired) electrons. The van der Waals surface area contributed by atoms with Crippen molar-refractivity contribution < 1.29 is 8.42 Å². The van der Waals surface area contributed by atoms with Gasteiger partial charge in [-0.15, -0.1) is 6.58 Å². The Morgan fingerprint density at radius 2 is 1.59 bits per heavy atom. The lowest BCUT2D eigenvalue weighted by atomic mass is 10.0. The van der Waals surface area contributed by atoms with Gasteiger partial charge in [0.05, 0.1) is 11.3 Å². The summed E-state index contributed by atoms with van der Waals surface area (Å²) in [7, 11) is -1.26. The van der Waals surface area contributed by atoms with Crippen molar-refractivity contribution in [3.63, 3.8) is 0 Å². The number of likely N-dealkylation sites (N-methyl/N-ethyl adjacent to an activating group) is 1. The van der Waals surface area contributed by atoms with Crippen LogP contribution in [0.25, 0.3) is 10.9 Å². The van der Waals surface area contributed by atoms with Crippen LogP contribution < -0.4 is 0 Å². The van der Waals surface area contributed by atoms with Gasteiger partial charge in [-0.2, -0.15) is 0 Å². The summed E-state index contributed by atoms with van der Waals surface area (Å²) in [6, 6.07) is 18.2. The van der Waals surface area contributed by atoms with Crippen LogP contribution in [0.5, 0.6) is 0 Å². The van der Waals surface area contributed by atoms with E-state index < -0.39 is 10.0 Å². The molecule has 32 heavy (non-hydrogen) atoms. The molecule has 4 rings (SSSR count). The van der Waals surface area contributed by atoms with E-state index in [1.54, 1.807) is 6.20 Å². The molecule has 2 heterocycles. The van der Waals surface area contributed by atoms with Crippen molar-refractivity contribution in [1.82, 2.24) is 13.8 Å². The Balaban J connectivity index is 0.000000269. The summed E-state index contributed by atoms with van der Waals surface area (Å²) < 4.78 is 26.3. The van der Waals surface area contributed by atoms with Crippen LogP contribution in [0.15, 0.2) is 73.4 Å².